The summed E-state index contributed by atoms with van der Waals surface area (Å²) >= 11 is 3.67. The molecule has 1 aromatic rings. The molecule has 4 heteroatoms. The van der Waals surface area contributed by atoms with Gasteiger partial charge >= 0.3 is 0 Å². The first kappa shape index (κ1) is 16.8. The monoisotopic (exact) mass is 323 g/mol. The van der Waals surface area contributed by atoms with E-state index in [1.165, 1.54) is 17.7 Å². The van der Waals surface area contributed by atoms with Gasteiger partial charge in [0.1, 0.15) is 0 Å². The number of unbranched alkanes of at least 4 members (excludes halogenated alkanes) is 1. The Morgan fingerprint density at radius 1 is 1.48 bits per heavy atom. The second-order valence-corrected chi connectivity index (χ2v) is 8.47. The van der Waals surface area contributed by atoms with Gasteiger partial charge in [0.25, 0.3) is 0 Å². The number of amides is 1. The lowest BCUT2D eigenvalue weighted by Gasteiger charge is -2.25. The van der Waals surface area contributed by atoms with Crippen LogP contribution in [0.3, 0.4) is 0 Å². The molecule has 2 nitrogen and oxygen atoms in total. The Morgan fingerprint density at radius 2 is 2.24 bits per heavy atom. The number of nitrogens with zero attached hydrogens (tertiary/aromatic N) is 1. The van der Waals surface area contributed by atoms with E-state index in [9.17, 15) is 4.79 Å². The van der Waals surface area contributed by atoms with Gasteiger partial charge in [0, 0.05) is 16.7 Å². The molecule has 0 aliphatic carbocycles. The molecule has 0 radical (unpaired) electrons. The van der Waals surface area contributed by atoms with Crippen molar-refractivity contribution in [3.8, 4) is 0 Å². The van der Waals surface area contributed by atoms with Gasteiger partial charge in [-0.15, -0.1) is 23.5 Å². The Kier molecular flexibility index (Phi) is 6.49. The van der Waals surface area contributed by atoms with Crippen molar-refractivity contribution in [2.24, 2.45) is 0 Å². The van der Waals surface area contributed by atoms with Crippen molar-refractivity contribution in [2.45, 2.75) is 55.4 Å². The lowest BCUT2D eigenvalue weighted by Crippen LogP contribution is -2.37. The van der Waals surface area contributed by atoms with Crippen LogP contribution in [-0.2, 0) is 4.79 Å². The Morgan fingerprint density at radius 3 is 3.00 bits per heavy atom. The lowest BCUT2D eigenvalue weighted by molar-refractivity contribution is -0.117. The van der Waals surface area contributed by atoms with Crippen molar-refractivity contribution in [3.63, 3.8) is 0 Å². The summed E-state index contributed by atoms with van der Waals surface area (Å²) in [6.07, 6.45) is 3.43. The number of thioether (sulfide) groups is 2. The summed E-state index contributed by atoms with van der Waals surface area (Å²) in [6, 6.07) is 8.31. The molecule has 0 aromatic heterocycles. The summed E-state index contributed by atoms with van der Waals surface area (Å²) in [7, 11) is 0. The van der Waals surface area contributed by atoms with Crippen LogP contribution in [0.4, 0.5) is 5.69 Å². The predicted molar refractivity (Wildman–Crippen MR) is 95.6 cm³/mol. The average Bonchev–Trinajstić information content (AvgIpc) is 2.65. The van der Waals surface area contributed by atoms with Crippen LogP contribution in [0.2, 0.25) is 0 Å². The Bertz CT molecular complexity index is 478. The summed E-state index contributed by atoms with van der Waals surface area (Å²) in [5.74, 6) is 1.34. The third-order valence-corrected chi connectivity index (χ3v) is 6.19. The largest absolute Gasteiger partial charge is 0.310 e. The fourth-order valence-corrected chi connectivity index (χ4v) is 4.60. The van der Waals surface area contributed by atoms with Crippen LogP contribution in [-0.4, -0.2) is 28.7 Å². The van der Waals surface area contributed by atoms with Gasteiger partial charge in [-0.05, 0) is 37.7 Å². The molecule has 116 valence electrons. The zero-order valence-corrected chi connectivity index (χ0v) is 14.8. The molecule has 21 heavy (non-hydrogen) atoms. The van der Waals surface area contributed by atoms with Crippen LogP contribution in [0.1, 0.15) is 40.0 Å². The van der Waals surface area contributed by atoms with Crippen LogP contribution in [0.5, 0.6) is 0 Å². The highest BCUT2D eigenvalue weighted by molar-refractivity contribution is 8.00. The molecule has 1 heterocycles. The number of carbonyl (C=O) groups is 1. The highest BCUT2D eigenvalue weighted by Crippen LogP contribution is 2.38. The van der Waals surface area contributed by atoms with Crippen LogP contribution in [0.15, 0.2) is 29.2 Å². The van der Waals surface area contributed by atoms with Crippen LogP contribution < -0.4 is 4.90 Å². The van der Waals surface area contributed by atoms with Gasteiger partial charge in [-0.1, -0.05) is 32.4 Å². The smallest absolute Gasteiger partial charge is 0.239 e. The molecule has 0 fully saturated rings. The second-order valence-electron chi connectivity index (χ2n) is 5.54. The standard InChI is InChI=1S/C17H25NOS2/c1-4-5-12-20-14(3)17(19)18-11-10-13(2)21-16-9-7-6-8-15(16)18/h6-9,13-14H,4-5,10-12H2,1-3H3. The summed E-state index contributed by atoms with van der Waals surface area (Å²) in [4.78, 5) is 16.1. The van der Waals surface area contributed by atoms with Gasteiger partial charge in [0.15, 0.2) is 0 Å². The van der Waals surface area contributed by atoms with Gasteiger partial charge in [-0.3, -0.25) is 4.79 Å². The molecule has 2 rings (SSSR count). The van der Waals surface area contributed by atoms with E-state index in [4.69, 9.17) is 0 Å². The normalized spacial score (nSPS) is 19.8. The maximum atomic E-state index is 12.8. The van der Waals surface area contributed by atoms with Crippen molar-refractivity contribution in [2.75, 3.05) is 17.2 Å². The Hall–Kier alpha value is -0.610. The fraction of sp³-hybridized carbons (Fsp3) is 0.588. The van der Waals surface area contributed by atoms with Gasteiger partial charge in [0.05, 0.1) is 10.9 Å². The van der Waals surface area contributed by atoms with Crippen LogP contribution in [0, 0.1) is 0 Å². The number of anilines is 1. The highest BCUT2D eigenvalue weighted by Gasteiger charge is 2.27. The van der Waals surface area contributed by atoms with Crippen molar-refractivity contribution < 1.29 is 4.79 Å². The summed E-state index contributed by atoms with van der Waals surface area (Å²) in [6.45, 7) is 7.32. The number of hydrogen-bond donors (Lipinski definition) is 0. The van der Waals surface area contributed by atoms with Crippen LogP contribution >= 0.6 is 23.5 Å². The molecular weight excluding hydrogens is 298 g/mol. The molecule has 0 spiro atoms. The number of carbonyl (C=O) groups excluding carboxylic acids is 1. The zero-order valence-electron chi connectivity index (χ0n) is 13.2. The Balaban J connectivity index is 2.13. The summed E-state index contributed by atoms with van der Waals surface area (Å²) in [5.41, 5.74) is 1.10. The first-order valence-corrected chi connectivity index (χ1v) is 9.75. The SMILES string of the molecule is CCCCSC(C)C(=O)N1CCC(C)Sc2ccccc21. The molecule has 0 saturated carbocycles. The quantitative estimate of drug-likeness (QED) is 0.724. The summed E-state index contributed by atoms with van der Waals surface area (Å²) < 4.78 is 0. The number of benzene rings is 1. The third-order valence-electron chi connectivity index (χ3n) is 3.72. The lowest BCUT2D eigenvalue weighted by atomic mass is 10.2. The molecule has 1 aliphatic rings. The average molecular weight is 324 g/mol. The molecule has 0 saturated heterocycles. The van der Waals surface area contributed by atoms with Crippen molar-refractivity contribution in [1.82, 2.24) is 0 Å². The topological polar surface area (TPSA) is 20.3 Å². The predicted octanol–water partition coefficient (Wildman–Crippen LogP) is 4.83. The van der Waals surface area contributed by atoms with Gasteiger partial charge in [-0.2, -0.15) is 0 Å². The number of fused-ring (bicyclic) bond motifs is 1. The minimum absolute atomic E-state index is 0.0445. The maximum absolute atomic E-state index is 12.8. The van der Waals surface area contributed by atoms with Gasteiger partial charge in [-0.25, -0.2) is 0 Å². The molecule has 0 N–H and O–H groups in total. The molecule has 2 atom stereocenters. The number of para-hydroxylation sites is 1. The van der Waals surface area contributed by atoms with E-state index in [1.54, 1.807) is 11.8 Å². The molecule has 2 unspecified atom stereocenters. The molecule has 1 aliphatic heterocycles. The van der Waals surface area contributed by atoms with E-state index < -0.39 is 0 Å². The van der Waals surface area contributed by atoms with Crippen molar-refractivity contribution >= 4 is 35.1 Å². The van der Waals surface area contributed by atoms with Gasteiger partial charge in [0.2, 0.25) is 5.91 Å². The number of rotatable bonds is 5. The van der Waals surface area contributed by atoms with E-state index in [2.05, 4.69) is 32.0 Å². The first-order valence-electron chi connectivity index (χ1n) is 7.82. The van der Waals surface area contributed by atoms with E-state index in [0.717, 1.165) is 24.4 Å². The second kappa shape index (κ2) is 8.14. The number of hydrogen-bond acceptors (Lipinski definition) is 3. The van der Waals surface area contributed by atoms with E-state index in [1.807, 2.05) is 29.7 Å². The summed E-state index contributed by atoms with van der Waals surface area (Å²) in [5, 5.41) is 0.606. The van der Waals surface area contributed by atoms with Crippen molar-refractivity contribution in [3.05, 3.63) is 24.3 Å². The molecule has 0 bridgehead atoms. The third kappa shape index (κ3) is 4.43. The zero-order chi connectivity index (χ0) is 15.2. The first-order chi connectivity index (χ1) is 10.1. The highest BCUT2D eigenvalue weighted by atomic mass is 32.2. The Labute approximate surface area is 137 Å². The molecular formula is C17H25NOS2. The maximum Gasteiger partial charge on any atom is 0.239 e. The minimum atomic E-state index is 0.0445. The fourth-order valence-electron chi connectivity index (χ4n) is 2.41. The minimum Gasteiger partial charge on any atom is -0.310 e. The van der Waals surface area contributed by atoms with E-state index in [-0.39, 0.29) is 11.2 Å². The van der Waals surface area contributed by atoms with Crippen molar-refractivity contribution in [1.29, 1.82) is 0 Å². The molecule has 1 amide bonds. The van der Waals surface area contributed by atoms with Crippen LogP contribution in [0.25, 0.3) is 0 Å². The van der Waals surface area contributed by atoms with E-state index in [0.29, 0.717) is 5.25 Å². The molecule has 1 aromatic carbocycles. The van der Waals surface area contributed by atoms with Gasteiger partial charge < -0.3 is 4.90 Å². The van der Waals surface area contributed by atoms with E-state index >= 15 is 0 Å².